The van der Waals surface area contributed by atoms with Gasteiger partial charge in [-0.3, -0.25) is 5.32 Å². The van der Waals surface area contributed by atoms with E-state index >= 15 is 0 Å². The first-order chi connectivity index (χ1) is 8.29. The quantitative estimate of drug-likeness (QED) is 0.846. The summed E-state index contributed by atoms with van der Waals surface area (Å²) in [7, 11) is 0. The van der Waals surface area contributed by atoms with Crippen LogP contribution >= 0.6 is 0 Å². The lowest BCUT2D eigenvalue weighted by molar-refractivity contribution is 0.252. The summed E-state index contributed by atoms with van der Waals surface area (Å²) in [5, 5.41) is 12.6. The Kier molecular flexibility index (Phi) is 3.34. The van der Waals surface area contributed by atoms with Crippen LogP contribution in [0, 0.1) is 0 Å². The van der Waals surface area contributed by atoms with E-state index in [0.717, 1.165) is 5.56 Å². The van der Waals surface area contributed by atoms with Gasteiger partial charge in [-0.25, -0.2) is 4.79 Å². The number of hydrogen-bond acceptors (Lipinski definition) is 4. The van der Waals surface area contributed by atoms with Crippen LogP contribution in [0.1, 0.15) is 6.92 Å². The molecule has 0 aliphatic carbocycles. The van der Waals surface area contributed by atoms with Gasteiger partial charge in [0.05, 0.1) is 0 Å². The first-order valence-electron chi connectivity index (χ1n) is 5.23. The molecular weight excluding hydrogens is 220 g/mol. The third-order valence-electron chi connectivity index (χ3n) is 2.00. The molecule has 1 heterocycles. The Morgan fingerprint density at radius 2 is 2.06 bits per heavy atom. The van der Waals surface area contributed by atoms with Crippen LogP contribution in [-0.4, -0.2) is 22.8 Å². The predicted molar refractivity (Wildman–Crippen MR) is 62.4 cm³/mol. The fraction of sp³-hybridized carbons (Fsp3) is 0.182. The van der Waals surface area contributed by atoms with Crippen LogP contribution in [0.25, 0.3) is 11.5 Å². The molecule has 1 aromatic heterocycles. The second-order valence-electron chi connectivity index (χ2n) is 3.26. The van der Waals surface area contributed by atoms with E-state index in [4.69, 9.17) is 4.42 Å². The predicted octanol–water partition coefficient (Wildman–Crippen LogP) is 1.88. The van der Waals surface area contributed by atoms with Gasteiger partial charge < -0.3 is 9.73 Å². The number of urea groups is 1. The Morgan fingerprint density at radius 1 is 1.29 bits per heavy atom. The Bertz CT molecular complexity index is 495. The molecule has 0 fully saturated rings. The van der Waals surface area contributed by atoms with E-state index in [2.05, 4.69) is 20.8 Å². The topological polar surface area (TPSA) is 80.0 Å². The summed E-state index contributed by atoms with van der Waals surface area (Å²) >= 11 is 0. The molecule has 6 heteroatoms. The van der Waals surface area contributed by atoms with Gasteiger partial charge in [0.15, 0.2) is 0 Å². The fourth-order valence-corrected chi connectivity index (χ4v) is 1.27. The lowest BCUT2D eigenvalue weighted by atomic mass is 10.2. The number of carbonyl (C=O) groups excluding carboxylic acids is 1. The first-order valence-corrected chi connectivity index (χ1v) is 5.23. The zero-order valence-corrected chi connectivity index (χ0v) is 9.30. The average molecular weight is 232 g/mol. The van der Waals surface area contributed by atoms with Crippen molar-refractivity contribution in [2.75, 3.05) is 11.9 Å². The number of nitrogens with zero attached hydrogens (tertiary/aromatic N) is 2. The van der Waals surface area contributed by atoms with E-state index in [1.807, 2.05) is 37.3 Å². The monoisotopic (exact) mass is 232 g/mol. The molecule has 2 N–H and O–H groups in total. The van der Waals surface area contributed by atoms with Crippen molar-refractivity contribution in [3.8, 4) is 11.5 Å². The third kappa shape index (κ3) is 2.81. The highest BCUT2D eigenvalue weighted by molar-refractivity contribution is 5.86. The second-order valence-corrected chi connectivity index (χ2v) is 3.26. The Hall–Kier alpha value is -2.37. The molecule has 2 aromatic rings. The fourth-order valence-electron chi connectivity index (χ4n) is 1.27. The first kappa shape index (κ1) is 11.1. The summed E-state index contributed by atoms with van der Waals surface area (Å²) in [6.07, 6.45) is 0. The zero-order chi connectivity index (χ0) is 12.1. The molecule has 2 rings (SSSR count). The van der Waals surface area contributed by atoms with Crippen molar-refractivity contribution in [3.05, 3.63) is 30.3 Å². The minimum atomic E-state index is -0.365. The van der Waals surface area contributed by atoms with Crippen LogP contribution in [0.5, 0.6) is 0 Å². The smallest absolute Gasteiger partial charge is 0.324 e. The number of carbonyl (C=O) groups is 1. The van der Waals surface area contributed by atoms with Gasteiger partial charge in [0.2, 0.25) is 5.89 Å². The summed E-state index contributed by atoms with van der Waals surface area (Å²) in [4.78, 5) is 11.2. The Labute approximate surface area is 98.0 Å². The van der Waals surface area contributed by atoms with E-state index in [9.17, 15) is 4.79 Å². The van der Waals surface area contributed by atoms with Crippen molar-refractivity contribution in [3.63, 3.8) is 0 Å². The molecule has 17 heavy (non-hydrogen) atoms. The normalized spacial score (nSPS) is 9.94. The maximum absolute atomic E-state index is 11.2. The number of amides is 2. The van der Waals surface area contributed by atoms with Gasteiger partial charge in [0, 0.05) is 12.1 Å². The van der Waals surface area contributed by atoms with Crippen molar-refractivity contribution in [2.45, 2.75) is 6.92 Å². The molecule has 0 atom stereocenters. The molecule has 0 radical (unpaired) electrons. The van der Waals surface area contributed by atoms with Crippen molar-refractivity contribution < 1.29 is 9.21 Å². The number of aromatic nitrogens is 2. The van der Waals surface area contributed by atoms with Gasteiger partial charge in [0.1, 0.15) is 0 Å². The SMILES string of the molecule is CCNC(=O)Nc1nnc(-c2ccccc2)o1. The van der Waals surface area contributed by atoms with Crippen LogP contribution in [0.3, 0.4) is 0 Å². The largest absolute Gasteiger partial charge is 0.403 e. The Morgan fingerprint density at radius 3 is 2.76 bits per heavy atom. The lowest BCUT2D eigenvalue weighted by Gasteiger charge is -1.99. The summed E-state index contributed by atoms with van der Waals surface area (Å²) < 4.78 is 5.29. The molecule has 0 aliphatic heterocycles. The maximum Gasteiger partial charge on any atom is 0.324 e. The van der Waals surface area contributed by atoms with Crippen LogP contribution in [0.15, 0.2) is 34.7 Å². The van der Waals surface area contributed by atoms with E-state index < -0.39 is 0 Å². The van der Waals surface area contributed by atoms with Crippen molar-refractivity contribution >= 4 is 12.0 Å². The molecule has 2 amide bonds. The molecule has 88 valence electrons. The van der Waals surface area contributed by atoms with Gasteiger partial charge in [-0.1, -0.05) is 23.3 Å². The number of nitrogens with one attached hydrogen (secondary N) is 2. The van der Waals surface area contributed by atoms with Gasteiger partial charge in [-0.15, -0.1) is 5.10 Å². The van der Waals surface area contributed by atoms with Crippen molar-refractivity contribution in [1.82, 2.24) is 15.5 Å². The van der Waals surface area contributed by atoms with Crippen molar-refractivity contribution in [1.29, 1.82) is 0 Å². The van der Waals surface area contributed by atoms with Crippen LogP contribution in [-0.2, 0) is 0 Å². The Balaban J connectivity index is 2.09. The zero-order valence-electron chi connectivity index (χ0n) is 9.30. The summed E-state index contributed by atoms with van der Waals surface area (Å²) in [5.41, 5.74) is 0.809. The molecule has 0 aliphatic rings. The number of anilines is 1. The van der Waals surface area contributed by atoms with Crippen molar-refractivity contribution in [2.24, 2.45) is 0 Å². The molecule has 1 aromatic carbocycles. The van der Waals surface area contributed by atoms with E-state index in [1.165, 1.54) is 0 Å². The van der Waals surface area contributed by atoms with Gasteiger partial charge in [-0.2, -0.15) is 0 Å². The van der Waals surface area contributed by atoms with Crippen LogP contribution < -0.4 is 10.6 Å². The van der Waals surface area contributed by atoms with Gasteiger partial charge in [-0.05, 0) is 19.1 Å². The molecule has 6 nitrogen and oxygen atoms in total. The molecule has 0 bridgehead atoms. The summed E-state index contributed by atoms with van der Waals surface area (Å²) in [6.45, 7) is 2.36. The highest BCUT2D eigenvalue weighted by Crippen LogP contribution is 2.18. The highest BCUT2D eigenvalue weighted by Gasteiger charge is 2.09. The second kappa shape index (κ2) is 5.11. The standard InChI is InChI=1S/C11H12N4O2/c1-2-12-10(16)13-11-15-14-9(17-11)8-6-4-3-5-7-8/h3-7H,2H2,1H3,(H2,12,13,15,16). The molecular formula is C11H12N4O2. The molecule has 0 saturated heterocycles. The summed E-state index contributed by atoms with van der Waals surface area (Å²) in [6, 6.07) is 9.05. The minimum Gasteiger partial charge on any atom is -0.403 e. The number of hydrogen-bond donors (Lipinski definition) is 2. The van der Waals surface area contributed by atoms with Gasteiger partial charge >= 0.3 is 12.0 Å². The number of rotatable bonds is 3. The molecule has 0 saturated carbocycles. The van der Waals surface area contributed by atoms with E-state index in [-0.39, 0.29) is 12.0 Å². The van der Waals surface area contributed by atoms with E-state index in [0.29, 0.717) is 12.4 Å². The third-order valence-corrected chi connectivity index (χ3v) is 2.00. The molecule has 0 spiro atoms. The summed E-state index contributed by atoms with van der Waals surface area (Å²) in [5.74, 6) is 0.373. The average Bonchev–Trinajstić information content (AvgIpc) is 2.79. The van der Waals surface area contributed by atoms with Gasteiger partial charge in [0.25, 0.3) is 0 Å². The highest BCUT2D eigenvalue weighted by atomic mass is 16.4. The van der Waals surface area contributed by atoms with Crippen LogP contribution in [0.2, 0.25) is 0 Å². The minimum absolute atomic E-state index is 0.0785. The van der Waals surface area contributed by atoms with Crippen LogP contribution in [0.4, 0.5) is 10.8 Å². The lowest BCUT2D eigenvalue weighted by Crippen LogP contribution is -2.28. The number of benzene rings is 1. The van der Waals surface area contributed by atoms with E-state index in [1.54, 1.807) is 0 Å². The molecule has 0 unspecified atom stereocenters. The maximum atomic E-state index is 11.2.